The zero-order chi connectivity index (χ0) is 14.6. The molecule has 0 aromatic carbocycles. The molecule has 7 heteroatoms. The third-order valence-electron chi connectivity index (χ3n) is 2.66. The molecular formula is C12H15F3N2O2. The van der Waals surface area contributed by atoms with Crippen molar-refractivity contribution in [2.75, 3.05) is 6.54 Å². The van der Waals surface area contributed by atoms with E-state index in [4.69, 9.17) is 0 Å². The molecule has 0 atom stereocenters. The number of pyridine rings is 1. The lowest BCUT2D eigenvalue weighted by Gasteiger charge is -2.12. The highest BCUT2D eigenvalue weighted by Gasteiger charge is 2.34. The Labute approximate surface area is 108 Å². The number of amides is 1. The number of hydrogen-bond donors (Lipinski definition) is 1. The van der Waals surface area contributed by atoms with Crippen molar-refractivity contribution in [2.45, 2.75) is 25.9 Å². The molecule has 19 heavy (non-hydrogen) atoms. The molecule has 1 aromatic heterocycles. The van der Waals surface area contributed by atoms with Crippen molar-refractivity contribution < 1.29 is 18.0 Å². The average molecular weight is 276 g/mol. The standard InChI is InChI=1S/C12H15F3N2O2/c1-3-4-7-16-10(18)8-5-6-9(12(13,14)15)17(2)11(8)19/h5-6H,3-4,7H2,1-2H3,(H,16,18). The summed E-state index contributed by atoms with van der Waals surface area (Å²) in [5.74, 6) is -0.650. The number of nitrogens with one attached hydrogen (secondary N) is 1. The highest BCUT2D eigenvalue weighted by Crippen LogP contribution is 2.27. The van der Waals surface area contributed by atoms with Crippen molar-refractivity contribution in [3.05, 3.63) is 33.7 Å². The molecule has 0 spiro atoms. The molecule has 1 amide bonds. The van der Waals surface area contributed by atoms with Gasteiger partial charge in [0.2, 0.25) is 0 Å². The Morgan fingerprint density at radius 3 is 2.53 bits per heavy atom. The summed E-state index contributed by atoms with van der Waals surface area (Å²) in [5, 5.41) is 2.49. The van der Waals surface area contributed by atoms with Crippen molar-refractivity contribution in [2.24, 2.45) is 7.05 Å². The number of hydrogen-bond acceptors (Lipinski definition) is 2. The van der Waals surface area contributed by atoms with Gasteiger partial charge >= 0.3 is 6.18 Å². The molecule has 0 saturated heterocycles. The van der Waals surface area contributed by atoms with Crippen LogP contribution < -0.4 is 10.9 Å². The predicted molar refractivity (Wildman–Crippen MR) is 63.9 cm³/mol. The Morgan fingerprint density at radius 2 is 2.00 bits per heavy atom. The minimum Gasteiger partial charge on any atom is -0.352 e. The molecule has 1 aromatic rings. The molecule has 0 unspecified atom stereocenters. The normalized spacial score (nSPS) is 11.4. The van der Waals surface area contributed by atoms with Crippen LogP contribution in [0.5, 0.6) is 0 Å². The maximum atomic E-state index is 12.5. The van der Waals surface area contributed by atoms with Crippen LogP contribution in [0.1, 0.15) is 35.8 Å². The van der Waals surface area contributed by atoms with Crippen molar-refractivity contribution in [3.8, 4) is 0 Å². The van der Waals surface area contributed by atoms with Gasteiger partial charge in [-0.05, 0) is 18.6 Å². The van der Waals surface area contributed by atoms with Gasteiger partial charge in [-0.3, -0.25) is 9.59 Å². The van der Waals surface area contributed by atoms with Crippen LogP contribution in [0, 0.1) is 0 Å². The molecule has 0 aliphatic heterocycles. The molecule has 1 rings (SSSR count). The Balaban J connectivity index is 3.04. The fourth-order valence-corrected chi connectivity index (χ4v) is 1.57. The van der Waals surface area contributed by atoms with Gasteiger partial charge in [0.25, 0.3) is 11.5 Å². The molecule has 0 aliphatic rings. The van der Waals surface area contributed by atoms with Gasteiger partial charge < -0.3 is 9.88 Å². The molecule has 4 nitrogen and oxygen atoms in total. The van der Waals surface area contributed by atoms with Crippen LogP contribution in [0.25, 0.3) is 0 Å². The van der Waals surface area contributed by atoms with Crippen molar-refractivity contribution in [1.29, 1.82) is 0 Å². The number of halogens is 3. The van der Waals surface area contributed by atoms with E-state index in [-0.39, 0.29) is 5.56 Å². The first-order valence-corrected chi connectivity index (χ1v) is 5.84. The predicted octanol–water partition coefficient (Wildman–Crippen LogP) is 1.93. The van der Waals surface area contributed by atoms with Gasteiger partial charge in [-0.25, -0.2) is 0 Å². The Bertz CT molecular complexity index is 521. The topological polar surface area (TPSA) is 51.1 Å². The van der Waals surface area contributed by atoms with Crippen LogP contribution in [-0.4, -0.2) is 17.0 Å². The van der Waals surface area contributed by atoms with E-state index in [9.17, 15) is 22.8 Å². The highest BCUT2D eigenvalue weighted by molar-refractivity contribution is 5.93. The van der Waals surface area contributed by atoms with Crippen LogP contribution in [0.3, 0.4) is 0 Å². The maximum absolute atomic E-state index is 12.5. The third kappa shape index (κ3) is 3.59. The van der Waals surface area contributed by atoms with E-state index in [0.717, 1.165) is 32.0 Å². The van der Waals surface area contributed by atoms with Crippen LogP contribution in [0.15, 0.2) is 16.9 Å². The van der Waals surface area contributed by atoms with Crippen molar-refractivity contribution in [1.82, 2.24) is 9.88 Å². The van der Waals surface area contributed by atoms with Gasteiger partial charge in [0.1, 0.15) is 11.3 Å². The number of rotatable bonds is 4. The van der Waals surface area contributed by atoms with Gasteiger partial charge in [-0.2, -0.15) is 13.2 Å². The summed E-state index contributed by atoms with van der Waals surface area (Å²) in [5.41, 5.74) is -2.32. The molecule has 0 saturated carbocycles. The molecule has 0 bridgehead atoms. The smallest absolute Gasteiger partial charge is 0.352 e. The fourth-order valence-electron chi connectivity index (χ4n) is 1.57. The summed E-state index contributed by atoms with van der Waals surface area (Å²) >= 11 is 0. The summed E-state index contributed by atoms with van der Waals surface area (Å²) in [7, 11) is 0.994. The Hall–Kier alpha value is -1.79. The second-order valence-corrected chi connectivity index (χ2v) is 4.10. The zero-order valence-electron chi connectivity index (χ0n) is 10.7. The van der Waals surface area contributed by atoms with Gasteiger partial charge in [-0.15, -0.1) is 0 Å². The average Bonchev–Trinajstić information content (AvgIpc) is 2.31. The first-order chi connectivity index (χ1) is 8.79. The van der Waals surface area contributed by atoms with E-state index >= 15 is 0 Å². The maximum Gasteiger partial charge on any atom is 0.431 e. The van der Waals surface area contributed by atoms with E-state index in [1.54, 1.807) is 0 Å². The largest absolute Gasteiger partial charge is 0.431 e. The van der Waals surface area contributed by atoms with E-state index in [2.05, 4.69) is 5.32 Å². The summed E-state index contributed by atoms with van der Waals surface area (Å²) in [6, 6.07) is 1.64. The van der Waals surface area contributed by atoms with Gasteiger partial charge in [-0.1, -0.05) is 13.3 Å². The Morgan fingerprint density at radius 1 is 1.37 bits per heavy atom. The summed E-state index contributed by atoms with van der Waals surface area (Å²) in [4.78, 5) is 23.4. The van der Waals surface area contributed by atoms with Crippen LogP contribution in [0.2, 0.25) is 0 Å². The van der Waals surface area contributed by atoms with Crippen LogP contribution in [-0.2, 0) is 13.2 Å². The van der Waals surface area contributed by atoms with Gasteiger partial charge in [0, 0.05) is 13.6 Å². The monoisotopic (exact) mass is 276 g/mol. The molecule has 1 N–H and O–H groups in total. The van der Waals surface area contributed by atoms with Crippen molar-refractivity contribution in [3.63, 3.8) is 0 Å². The molecule has 1 heterocycles. The van der Waals surface area contributed by atoms with Gasteiger partial charge in [0.05, 0.1) is 0 Å². The number of nitrogens with zero attached hydrogens (tertiary/aromatic N) is 1. The SMILES string of the molecule is CCCCNC(=O)c1ccc(C(F)(F)F)n(C)c1=O. The number of unbranched alkanes of at least 4 members (excludes halogenated alkanes) is 1. The Kier molecular flexibility index (Phi) is 4.74. The van der Waals surface area contributed by atoms with Crippen LogP contribution >= 0.6 is 0 Å². The first kappa shape index (κ1) is 15.3. The van der Waals surface area contributed by atoms with E-state index < -0.39 is 23.3 Å². The molecule has 106 valence electrons. The zero-order valence-corrected chi connectivity index (χ0v) is 10.7. The van der Waals surface area contributed by atoms with E-state index in [0.29, 0.717) is 11.1 Å². The quantitative estimate of drug-likeness (QED) is 0.854. The third-order valence-corrected chi connectivity index (χ3v) is 2.66. The number of alkyl halides is 3. The lowest BCUT2D eigenvalue weighted by Crippen LogP contribution is -2.35. The fraction of sp³-hybridized carbons (Fsp3) is 0.500. The lowest BCUT2D eigenvalue weighted by atomic mass is 10.2. The molecule has 0 radical (unpaired) electrons. The highest BCUT2D eigenvalue weighted by atomic mass is 19.4. The van der Waals surface area contributed by atoms with E-state index in [1.165, 1.54) is 0 Å². The van der Waals surface area contributed by atoms with Crippen LogP contribution in [0.4, 0.5) is 13.2 Å². The van der Waals surface area contributed by atoms with Gasteiger partial charge in [0.15, 0.2) is 0 Å². The summed E-state index contributed by atoms with van der Waals surface area (Å²) in [6.45, 7) is 2.32. The van der Waals surface area contributed by atoms with E-state index in [1.807, 2.05) is 6.92 Å². The molecule has 0 fully saturated rings. The summed E-state index contributed by atoms with van der Waals surface area (Å²) < 4.78 is 38.1. The number of aromatic nitrogens is 1. The number of carbonyl (C=O) groups is 1. The lowest BCUT2D eigenvalue weighted by molar-refractivity contribution is -0.143. The second-order valence-electron chi connectivity index (χ2n) is 4.10. The first-order valence-electron chi connectivity index (χ1n) is 5.84. The van der Waals surface area contributed by atoms with Crippen molar-refractivity contribution >= 4 is 5.91 Å². The minimum atomic E-state index is -4.62. The second kappa shape index (κ2) is 5.90. The minimum absolute atomic E-state index is 0.286. The molecular weight excluding hydrogens is 261 g/mol. The number of carbonyl (C=O) groups excluding carboxylic acids is 1. The molecule has 0 aliphatic carbocycles. The summed E-state index contributed by atoms with van der Waals surface area (Å²) in [6.07, 6.45) is -3.01.